The number of hydrogen-bond donors (Lipinski definition) is 4. The Kier molecular flexibility index (Phi) is 3.46. The Balaban J connectivity index is 1.29. The average Bonchev–Trinajstić information content (AvgIpc) is 3.28. The van der Waals surface area contributed by atoms with Crippen molar-refractivity contribution in [3.63, 3.8) is 0 Å². The van der Waals surface area contributed by atoms with E-state index in [2.05, 4.69) is 37.1 Å². The zero-order chi connectivity index (χ0) is 16.8. The molecule has 0 spiro atoms. The molecule has 2 atom stereocenters. The number of carbonyl (C=O) groups excluding carboxylic acids is 1. The predicted octanol–water partition coefficient (Wildman–Crippen LogP) is 0.278. The third-order valence-corrected chi connectivity index (χ3v) is 5.38. The summed E-state index contributed by atoms with van der Waals surface area (Å²) in [6, 6.07) is 8.14. The van der Waals surface area contributed by atoms with E-state index in [0.29, 0.717) is 18.4 Å². The third-order valence-electron chi connectivity index (χ3n) is 5.38. The van der Waals surface area contributed by atoms with Gasteiger partial charge in [-0.25, -0.2) is 15.4 Å². The highest BCUT2D eigenvalue weighted by Gasteiger charge is 2.38. The molecule has 2 fully saturated rings. The average molecular weight is 339 g/mol. The molecule has 8 nitrogen and oxygen atoms in total. The largest absolute Gasteiger partial charge is 0.343 e. The van der Waals surface area contributed by atoms with Gasteiger partial charge in [0, 0.05) is 25.6 Å². The molecule has 0 bridgehead atoms. The summed E-state index contributed by atoms with van der Waals surface area (Å²) in [6.07, 6.45) is 1.83. The highest BCUT2D eigenvalue weighted by molar-refractivity contribution is 6.00. The molecular weight excluding hydrogens is 318 g/mol. The van der Waals surface area contributed by atoms with E-state index in [1.807, 2.05) is 18.2 Å². The number of rotatable bonds is 1. The maximum Gasteiger partial charge on any atom is 0.234 e. The van der Waals surface area contributed by atoms with Crippen LogP contribution in [0.3, 0.4) is 0 Å². The summed E-state index contributed by atoms with van der Waals surface area (Å²) in [7, 11) is 0. The Morgan fingerprint density at radius 3 is 2.84 bits per heavy atom. The highest BCUT2D eigenvalue weighted by atomic mass is 16.2. The first-order valence-corrected chi connectivity index (χ1v) is 8.84. The summed E-state index contributed by atoms with van der Waals surface area (Å²) in [4.78, 5) is 27.2. The molecule has 2 saturated heterocycles. The lowest BCUT2D eigenvalue weighted by atomic mass is 9.96. The number of imidazole rings is 1. The number of nitrogens with zero attached hydrogens (tertiary/aromatic N) is 3. The van der Waals surface area contributed by atoms with Gasteiger partial charge in [0.2, 0.25) is 11.9 Å². The minimum Gasteiger partial charge on any atom is -0.343 e. The fraction of sp³-hybridized carbons (Fsp3) is 0.471. The lowest BCUT2D eigenvalue weighted by molar-refractivity contribution is -0.124. The number of likely N-dealkylation sites (tertiary alicyclic amines) is 1. The molecule has 8 heteroatoms. The zero-order valence-corrected chi connectivity index (χ0v) is 13.8. The van der Waals surface area contributed by atoms with E-state index in [1.54, 1.807) is 0 Å². The number of aromatic nitrogens is 2. The van der Waals surface area contributed by atoms with Crippen molar-refractivity contribution in [2.45, 2.75) is 24.9 Å². The molecule has 1 amide bonds. The molecule has 1 aromatic carbocycles. The minimum atomic E-state index is -0.156. The van der Waals surface area contributed by atoms with Crippen LogP contribution in [0, 0.1) is 5.92 Å². The van der Waals surface area contributed by atoms with Crippen molar-refractivity contribution < 1.29 is 4.79 Å². The van der Waals surface area contributed by atoms with Crippen LogP contribution in [0.1, 0.15) is 24.6 Å². The molecule has 2 unspecified atom stereocenters. The molecule has 2 aromatic rings. The van der Waals surface area contributed by atoms with E-state index in [0.717, 1.165) is 42.8 Å². The molecule has 0 radical (unpaired) electrons. The number of piperidine rings is 1. The summed E-state index contributed by atoms with van der Waals surface area (Å²) in [5.41, 5.74) is 8.19. The number of amides is 1. The van der Waals surface area contributed by atoms with Gasteiger partial charge >= 0.3 is 0 Å². The van der Waals surface area contributed by atoms with Gasteiger partial charge in [0.1, 0.15) is 12.0 Å². The zero-order valence-electron chi connectivity index (χ0n) is 13.8. The Labute approximate surface area is 145 Å². The number of hydrogen-bond acceptors (Lipinski definition) is 6. The first kappa shape index (κ1) is 14.9. The van der Waals surface area contributed by atoms with Crippen molar-refractivity contribution in [2.24, 2.45) is 10.9 Å². The molecule has 0 aliphatic carbocycles. The van der Waals surface area contributed by atoms with Crippen LogP contribution in [0.25, 0.3) is 11.0 Å². The summed E-state index contributed by atoms with van der Waals surface area (Å²) in [6.45, 7) is 2.36. The molecule has 5 rings (SSSR count). The molecule has 4 N–H and O–H groups in total. The molecule has 4 heterocycles. The standard InChI is InChI=1S/C17H21N7O/c25-16-11-9-18-23-15(11)21-17(22-16)24-7-5-10(6-8-24)14-19-12-3-1-2-4-13(12)20-14/h1-4,10-11,15,18,23H,5-9H2,(H,19,20)(H,21,22,25). The van der Waals surface area contributed by atoms with E-state index in [-0.39, 0.29) is 18.0 Å². The summed E-state index contributed by atoms with van der Waals surface area (Å²) in [5.74, 6) is 2.12. The van der Waals surface area contributed by atoms with Crippen molar-refractivity contribution in [3.05, 3.63) is 30.1 Å². The van der Waals surface area contributed by atoms with Gasteiger partial charge in [-0.05, 0) is 25.0 Å². The first-order chi connectivity index (χ1) is 12.3. The van der Waals surface area contributed by atoms with Crippen LogP contribution >= 0.6 is 0 Å². The number of benzene rings is 1. The summed E-state index contributed by atoms with van der Waals surface area (Å²) < 4.78 is 0. The van der Waals surface area contributed by atoms with Crippen LogP contribution < -0.4 is 16.2 Å². The lowest BCUT2D eigenvalue weighted by Crippen LogP contribution is -2.54. The van der Waals surface area contributed by atoms with Gasteiger partial charge < -0.3 is 9.88 Å². The Morgan fingerprint density at radius 2 is 2.00 bits per heavy atom. The van der Waals surface area contributed by atoms with Gasteiger partial charge in [-0.15, -0.1) is 0 Å². The predicted molar refractivity (Wildman–Crippen MR) is 93.6 cm³/mol. The number of aliphatic imine (C=N–C) groups is 1. The summed E-state index contributed by atoms with van der Waals surface area (Å²) in [5, 5.41) is 2.97. The SMILES string of the molecule is O=C1NC(N2CCC(c3nc4ccccc4[nH]3)CC2)=NC2NNCC12. The van der Waals surface area contributed by atoms with Crippen molar-refractivity contribution in [3.8, 4) is 0 Å². The van der Waals surface area contributed by atoms with Gasteiger partial charge in [0.05, 0.1) is 17.0 Å². The maximum absolute atomic E-state index is 12.2. The van der Waals surface area contributed by atoms with Gasteiger partial charge in [-0.2, -0.15) is 0 Å². The quantitative estimate of drug-likeness (QED) is 0.598. The fourth-order valence-electron chi connectivity index (χ4n) is 3.90. The van der Waals surface area contributed by atoms with Crippen LogP contribution in [-0.4, -0.2) is 52.5 Å². The Hall–Kier alpha value is -2.45. The topological polar surface area (TPSA) is 97.4 Å². The highest BCUT2D eigenvalue weighted by Crippen LogP contribution is 2.28. The number of guanidine groups is 1. The monoisotopic (exact) mass is 339 g/mol. The third kappa shape index (κ3) is 2.58. The first-order valence-electron chi connectivity index (χ1n) is 8.84. The Morgan fingerprint density at radius 1 is 1.16 bits per heavy atom. The fourth-order valence-corrected chi connectivity index (χ4v) is 3.90. The maximum atomic E-state index is 12.2. The van der Waals surface area contributed by atoms with Crippen molar-refractivity contribution >= 4 is 22.9 Å². The van der Waals surface area contributed by atoms with Crippen molar-refractivity contribution in [1.29, 1.82) is 0 Å². The lowest BCUT2D eigenvalue weighted by Gasteiger charge is -2.35. The number of aromatic amines is 1. The molecular formula is C17H21N7O. The minimum absolute atomic E-state index is 0.0481. The number of carbonyl (C=O) groups is 1. The van der Waals surface area contributed by atoms with E-state index in [1.165, 1.54) is 0 Å². The Bertz CT molecular complexity index is 803. The van der Waals surface area contributed by atoms with Crippen LogP contribution in [0.5, 0.6) is 0 Å². The van der Waals surface area contributed by atoms with Gasteiger partial charge in [-0.3, -0.25) is 15.5 Å². The molecule has 1 aromatic heterocycles. The van der Waals surface area contributed by atoms with Crippen molar-refractivity contribution in [1.82, 2.24) is 31.0 Å². The second-order valence-electron chi connectivity index (χ2n) is 6.92. The number of fused-ring (bicyclic) bond motifs is 2. The molecule has 3 aliphatic rings. The van der Waals surface area contributed by atoms with E-state index in [4.69, 9.17) is 4.98 Å². The number of hydrazine groups is 1. The smallest absolute Gasteiger partial charge is 0.234 e. The molecule has 130 valence electrons. The van der Waals surface area contributed by atoms with Crippen LogP contribution in [-0.2, 0) is 4.79 Å². The van der Waals surface area contributed by atoms with E-state index in [9.17, 15) is 4.79 Å². The van der Waals surface area contributed by atoms with Crippen LogP contribution in [0.2, 0.25) is 0 Å². The molecule has 3 aliphatic heterocycles. The molecule has 0 saturated carbocycles. The second-order valence-corrected chi connectivity index (χ2v) is 6.92. The normalized spacial score (nSPS) is 27.3. The van der Waals surface area contributed by atoms with Crippen LogP contribution in [0.4, 0.5) is 0 Å². The van der Waals surface area contributed by atoms with E-state index >= 15 is 0 Å². The summed E-state index contributed by atoms with van der Waals surface area (Å²) >= 11 is 0. The number of H-pyrrole nitrogens is 1. The van der Waals surface area contributed by atoms with E-state index < -0.39 is 0 Å². The van der Waals surface area contributed by atoms with Crippen LogP contribution in [0.15, 0.2) is 29.3 Å². The van der Waals surface area contributed by atoms with Gasteiger partial charge in [-0.1, -0.05) is 12.1 Å². The molecule has 25 heavy (non-hydrogen) atoms. The van der Waals surface area contributed by atoms with Gasteiger partial charge in [0.25, 0.3) is 0 Å². The van der Waals surface area contributed by atoms with Crippen molar-refractivity contribution in [2.75, 3.05) is 19.6 Å². The second kappa shape index (κ2) is 5.82. The number of nitrogens with one attached hydrogen (secondary N) is 4. The number of para-hydroxylation sites is 2. The van der Waals surface area contributed by atoms with Gasteiger partial charge in [0.15, 0.2) is 0 Å².